The average molecular weight is 462 g/mol. The van der Waals surface area contributed by atoms with Crippen molar-refractivity contribution in [2.75, 3.05) is 46.2 Å². The average Bonchev–Trinajstić information content (AvgIpc) is 2.68. The van der Waals surface area contributed by atoms with Gasteiger partial charge in [-0.3, -0.25) is 4.79 Å². The summed E-state index contributed by atoms with van der Waals surface area (Å²) in [4.78, 5) is 12.6. The molecule has 0 rings (SSSR count). The van der Waals surface area contributed by atoms with Gasteiger partial charge in [0.15, 0.2) is 0 Å². The quantitative estimate of drug-likeness (QED) is 0.274. The lowest BCUT2D eigenvalue weighted by Gasteiger charge is -2.35. The van der Waals surface area contributed by atoms with Crippen LogP contribution in [0.4, 0.5) is 0 Å². The van der Waals surface area contributed by atoms with Crippen LogP contribution in [0.3, 0.4) is 0 Å². The third-order valence-electron chi connectivity index (χ3n) is 4.53. The number of carbonyl (C=O) groups is 1. The van der Waals surface area contributed by atoms with Crippen LogP contribution in [-0.2, 0) is 23.7 Å². The number of hydrogen-bond acceptors (Lipinski definition) is 5. The van der Waals surface area contributed by atoms with Gasteiger partial charge >= 0.3 is 0 Å². The van der Waals surface area contributed by atoms with Gasteiger partial charge in [0.25, 0.3) is 0 Å². The van der Waals surface area contributed by atoms with Crippen LogP contribution < -0.4 is 5.32 Å². The van der Waals surface area contributed by atoms with Crippen molar-refractivity contribution < 1.29 is 23.7 Å². The number of amides is 1. The standard InChI is InChI=1S/C21H43NO5.C5H12/c1-8-10-24-14-21(15-25-12-17(3)4,16-26-13-18(5)6)22-20(23)11-19(7)27-9-2;1-4-5(2)3/h17-19H,8-16H2,1-7H3,(H,22,23);5H,4H2,1-3H3. The molecule has 0 bridgehead atoms. The molecule has 0 aliphatic carbocycles. The van der Waals surface area contributed by atoms with Crippen molar-refractivity contribution in [3.05, 3.63) is 0 Å². The minimum absolute atomic E-state index is 0.0719. The molecule has 0 aromatic heterocycles. The van der Waals surface area contributed by atoms with Gasteiger partial charge in [0.05, 0.1) is 32.3 Å². The molecule has 0 heterocycles. The first-order valence-corrected chi connectivity index (χ1v) is 12.7. The molecule has 32 heavy (non-hydrogen) atoms. The van der Waals surface area contributed by atoms with Crippen molar-refractivity contribution >= 4 is 5.91 Å². The molecule has 1 amide bonds. The zero-order valence-corrected chi connectivity index (χ0v) is 22.9. The molecule has 0 spiro atoms. The minimum Gasteiger partial charge on any atom is -0.379 e. The molecular formula is C26H55NO5. The SMILES string of the molecule is CCC(C)C.CCCOCC(COCC(C)C)(COCC(C)C)NC(=O)CC(C)OCC. The van der Waals surface area contributed by atoms with E-state index < -0.39 is 5.54 Å². The van der Waals surface area contributed by atoms with Gasteiger partial charge in [0, 0.05) is 26.4 Å². The Bertz CT molecular complexity index is 412. The molecule has 0 radical (unpaired) electrons. The molecule has 0 aromatic carbocycles. The van der Waals surface area contributed by atoms with E-state index >= 15 is 0 Å². The van der Waals surface area contributed by atoms with Gasteiger partial charge in [-0.25, -0.2) is 0 Å². The summed E-state index contributed by atoms with van der Waals surface area (Å²) in [6.45, 7) is 24.5. The predicted molar refractivity (Wildman–Crippen MR) is 134 cm³/mol. The van der Waals surface area contributed by atoms with Crippen LogP contribution in [0.1, 0.15) is 88.5 Å². The van der Waals surface area contributed by atoms with Crippen LogP contribution in [0.15, 0.2) is 0 Å². The molecule has 1 N–H and O–H groups in total. The zero-order chi connectivity index (χ0) is 25.0. The molecule has 194 valence electrons. The minimum atomic E-state index is -0.692. The smallest absolute Gasteiger partial charge is 0.223 e. The van der Waals surface area contributed by atoms with Gasteiger partial charge in [-0.1, -0.05) is 61.8 Å². The number of ether oxygens (including phenoxy) is 4. The van der Waals surface area contributed by atoms with E-state index in [2.05, 4.69) is 60.7 Å². The fourth-order valence-corrected chi connectivity index (χ4v) is 2.58. The lowest BCUT2D eigenvalue weighted by molar-refractivity contribution is -0.130. The van der Waals surface area contributed by atoms with E-state index in [1.165, 1.54) is 6.42 Å². The molecule has 1 atom stereocenters. The Morgan fingerprint density at radius 3 is 1.62 bits per heavy atom. The molecule has 0 aromatic rings. The van der Waals surface area contributed by atoms with E-state index in [1.807, 2.05) is 13.8 Å². The molecule has 6 nitrogen and oxygen atoms in total. The van der Waals surface area contributed by atoms with Gasteiger partial charge in [-0.2, -0.15) is 0 Å². The van der Waals surface area contributed by atoms with Gasteiger partial charge in [-0.05, 0) is 38.0 Å². The third-order valence-corrected chi connectivity index (χ3v) is 4.53. The van der Waals surface area contributed by atoms with Crippen LogP contribution >= 0.6 is 0 Å². The highest BCUT2D eigenvalue weighted by molar-refractivity contribution is 5.77. The lowest BCUT2D eigenvalue weighted by Crippen LogP contribution is -2.59. The Hall–Kier alpha value is -0.690. The van der Waals surface area contributed by atoms with Crippen molar-refractivity contribution in [3.63, 3.8) is 0 Å². The van der Waals surface area contributed by atoms with Crippen molar-refractivity contribution in [1.29, 1.82) is 0 Å². The Morgan fingerprint density at radius 2 is 1.25 bits per heavy atom. The fraction of sp³-hybridized carbons (Fsp3) is 0.962. The largest absolute Gasteiger partial charge is 0.379 e. The first-order valence-electron chi connectivity index (χ1n) is 12.7. The molecule has 1 unspecified atom stereocenters. The second kappa shape index (κ2) is 20.9. The number of hydrogen-bond donors (Lipinski definition) is 1. The molecule has 0 saturated heterocycles. The van der Waals surface area contributed by atoms with Crippen molar-refractivity contribution in [3.8, 4) is 0 Å². The maximum Gasteiger partial charge on any atom is 0.223 e. The highest BCUT2D eigenvalue weighted by atomic mass is 16.5. The maximum atomic E-state index is 12.6. The van der Waals surface area contributed by atoms with Crippen LogP contribution in [0, 0.1) is 17.8 Å². The van der Waals surface area contributed by atoms with Gasteiger partial charge in [0.1, 0.15) is 5.54 Å². The zero-order valence-electron chi connectivity index (χ0n) is 22.9. The maximum absolute atomic E-state index is 12.6. The second-order valence-electron chi connectivity index (χ2n) is 9.97. The van der Waals surface area contributed by atoms with E-state index in [9.17, 15) is 4.79 Å². The van der Waals surface area contributed by atoms with E-state index in [0.717, 1.165) is 12.3 Å². The van der Waals surface area contributed by atoms with E-state index in [4.69, 9.17) is 18.9 Å². The number of carbonyl (C=O) groups excluding carboxylic acids is 1. The second-order valence-corrected chi connectivity index (χ2v) is 9.97. The van der Waals surface area contributed by atoms with E-state index in [-0.39, 0.29) is 12.0 Å². The van der Waals surface area contributed by atoms with Crippen molar-refractivity contribution in [1.82, 2.24) is 5.32 Å². The summed E-state index contributed by atoms with van der Waals surface area (Å²) in [6, 6.07) is 0. The predicted octanol–water partition coefficient (Wildman–Crippen LogP) is 5.48. The molecule has 0 fully saturated rings. The van der Waals surface area contributed by atoms with Crippen molar-refractivity contribution in [2.24, 2.45) is 17.8 Å². The van der Waals surface area contributed by atoms with E-state index in [0.29, 0.717) is 64.5 Å². The van der Waals surface area contributed by atoms with Crippen LogP contribution in [0.25, 0.3) is 0 Å². The topological polar surface area (TPSA) is 66.0 Å². The first kappa shape index (κ1) is 33.5. The van der Waals surface area contributed by atoms with Gasteiger partial charge in [-0.15, -0.1) is 0 Å². The Morgan fingerprint density at radius 1 is 0.781 bits per heavy atom. The lowest BCUT2D eigenvalue weighted by atomic mass is 10.0. The molecule has 6 heteroatoms. The monoisotopic (exact) mass is 461 g/mol. The van der Waals surface area contributed by atoms with Gasteiger partial charge < -0.3 is 24.3 Å². The first-order chi connectivity index (χ1) is 15.0. The summed E-state index contributed by atoms with van der Waals surface area (Å²) in [7, 11) is 0. The molecule has 0 aliphatic heterocycles. The van der Waals surface area contributed by atoms with Crippen LogP contribution in [0.2, 0.25) is 0 Å². The highest BCUT2D eigenvalue weighted by Gasteiger charge is 2.34. The fourth-order valence-electron chi connectivity index (χ4n) is 2.58. The number of rotatable bonds is 18. The summed E-state index contributed by atoms with van der Waals surface area (Å²) in [5.74, 6) is 1.65. The number of nitrogens with one attached hydrogen (secondary N) is 1. The van der Waals surface area contributed by atoms with Gasteiger partial charge in [0.2, 0.25) is 5.91 Å². The Balaban J connectivity index is 0. The summed E-state index contributed by atoms with van der Waals surface area (Å²) in [6.07, 6.45) is 2.40. The third kappa shape index (κ3) is 21.2. The van der Waals surface area contributed by atoms with E-state index in [1.54, 1.807) is 0 Å². The Kier molecular flexibility index (Phi) is 21.9. The summed E-state index contributed by atoms with van der Waals surface area (Å²) in [5.41, 5.74) is -0.692. The van der Waals surface area contributed by atoms with Crippen LogP contribution in [0.5, 0.6) is 0 Å². The normalized spacial score (nSPS) is 12.8. The summed E-state index contributed by atoms with van der Waals surface area (Å²) >= 11 is 0. The molecule has 0 saturated carbocycles. The van der Waals surface area contributed by atoms with Crippen LogP contribution in [-0.4, -0.2) is 63.8 Å². The van der Waals surface area contributed by atoms with Crippen molar-refractivity contribution in [2.45, 2.75) is 100 Å². The molecule has 0 aliphatic rings. The molecular weight excluding hydrogens is 406 g/mol. The highest BCUT2D eigenvalue weighted by Crippen LogP contribution is 2.13. The summed E-state index contributed by atoms with van der Waals surface area (Å²) in [5, 5.41) is 3.13. The Labute approximate surface area is 199 Å². The summed E-state index contributed by atoms with van der Waals surface area (Å²) < 4.78 is 23.1.